The van der Waals surface area contributed by atoms with Gasteiger partial charge in [0.1, 0.15) is 0 Å². The Bertz CT molecular complexity index is 375. The van der Waals surface area contributed by atoms with Gasteiger partial charge in [-0.05, 0) is 24.0 Å². The number of benzene rings is 1. The number of carboxylic acids is 1. The van der Waals surface area contributed by atoms with Crippen LogP contribution in [0, 0.1) is 5.92 Å². The summed E-state index contributed by atoms with van der Waals surface area (Å²) in [7, 11) is 0. The van der Waals surface area contributed by atoms with Crippen molar-refractivity contribution in [3.8, 4) is 0 Å². The Kier molecular flexibility index (Phi) is 3.67. The zero-order valence-electron chi connectivity index (χ0n) is 9.32. The summed E-state index contributed by atoms with van der Waals surface area (Å²) in [6, 6.07) is 9.67. The topological polar surface area (TPSA) is 37.3 Å². The van der Waals surface area contributed by atoms with E-state index in [0.29, 0.717) is 5.57 Å². The number of hydrogen-bond acceptors (Lipinski definition) is 1. The maximum Gasteiger partial charge on any atom is 0.331 e. The van der Waals surface area contributed by atoms with Gasteiger partial charge in [0.05, 0.1) is 0 Å². The number of hydrogen-bond donors (Lipinski definition) is 1. The fourth-order valence-corrected chi connectivity index (χ4v) is 1.72. The van der Waals surface area contributed by atoms with Gasteiger partial charge >= 0.3 is 5.97 Å². The van der Waals surface area contributed by atoms with Gasteiger partial charge in [0.15, 0.2) is 0 Å². The van der Waals surface area contributed by atoms with E-state index in [-0.39, 0.29) is 5.92 Å². The summed E-state index contributed by atoms with van der Waals surface area (Å²) in [5.74, 6) is -0.633. The number of carbonyl (C=O) groups is 1. The minimum Gasteiger partial charge on any atom is -0.478 e. The van der Waals surface area contributed by atoms with Crippen molar-refractivity contribution in [3.05, 3.63) is 41.5 Å². The van der Waals surface area contributed by atoms with Gasteiger partial charge in [-0.25, -0.2) is 4.79 Å². The molecule has 0 heterocycles. The summed E-state index contributed by atoms with van der Waals surface area (Å²) in [6.07, 6.45) is 0. The van der Waals surface area contributed by atoms with Crippen LogP contribution in [0.2, 0.25) is 0 Å². The lowest BCUT2D eigenvalue weighted by Gasteiger charge is -2.14. The predicted octanol–water partition coefficient (Wildman–Crippen LogP) is 3.20. The van der Waals surface area contributed by atoms with Gasteiger partial charge < -0.3 is 5.11 Å². The summed E-state index contributed by atoms with van der Waals surface area (Å²) < 4.78 is 0. The molecule has 0 unspecified atom stereocenters. The molecule has 0 atom stereocenters. The summed E-state index contributed by atoms with van der Waals surface area (Å²) >= 11 is 0. The molecule has 1 N–H and O–H groups in total. The smallest absolute Gasteiger partial charge is 0.331 e. The molecule has 1 aromatic rings. The van der Waals surface area contributed by atoms with Gasteiger partial charge in [0.25, 0.3) is 0 Å². The molecule has 0 fully saturated rings. The van der Waals surface area contributed by atoms with E-state index in [9.17, 15) is 4.79 Å². The molecule has 1 aromatic carbocycles. The SMILES string of the molecule is C/C(C(=O)O)=C(\c1ccccc1)C(C)C. The van der Waals surface area contributed by atoms with Gasteiger partial charge in [-0.2, -0.15) is 0 Å². The van der Waals surface area contributed by atoms with Crippen LogP contribution in [0.25, 0.3) is 5.57 Å². The van der Waals surface area contributed by atoms with E-state index in [4.69, 9.17) is 5.11 Å². The Morgan fingerprint density at radius 1 is 1.20 bits per heavy atom. The van der Waals surface area contributed by atoms with E-state index in [1.54, 1.807) is 6.92 Å². The van der Waals surface area contributed by atoms with Crippen molar-refractivity contribution in [1.29, 1.82) is 0 Å². The van der Waals surface area contributed by atoms with Crippen molar-refractivity contribution >= 4 is 11.5 Å². The first-order chi connectivity index (χ1) is 7.04. The average molecular weight is 204 g/mol. The highest BCUT2D eigenvalue weighted by Gasteiger charge is 2.14. The Balaban J connectivity index is 3.27. The molecule has 0 aliphatic heterocycles. The molecule has 0 saturated carbocycles. The molecule has 80 valence electrons. The summed E-state index contributed by atoms with van der Waals surface area (Å²) in [6.45, 7) is 5.67. The van der Waals surface area contributed by atoms with Crippen molar-refractivity contribution in [2.24, 2.45) is 5.92 Å². The first kappa shape index (κ1) is 11.5. The molecule has 0 bridgehead atoms. The van der Waals surface area contributed by atoms with Gasteiger partial charge in [0, 0.05) is 5.57 Å². The zero-order valence-corrected chi connectivity index (χ0v) is 9.32. The van der Waals surface area contributed by atoms with E-state index >= 15 is 0 Å². The van der Waals surface area contributed by atoms with E-state index in [1.165, 1.54) is 0 Å². The number of allylic oxidation sites excluding steroid dienone is 1. The molecular weight excluding hydrogens is 188 g/mol. The first-order valence-electron chi connectivity index (χ1n) is 5.03. The lowest BCUT2D eigenvalue weighted by Crippen LogP contribution is -2.05. The third-order valence-corrected chi connectivity index (χ3v) is 2.39. The third-order valence-electron chi connectivity index (χ3n) is 2.39. The van der Waals surface area contributed by atoms with Crippen LogP contribution in [0.15, 0.2) is 35.9 Å². The van der Waals surface area contributed by atoms with E-state index in [1.807, 2.05) is 44.2 Å². The van der Waals surface area contributed by atoms with Gasteiger partial charge in [0.2, 0.25) is 0 Å². The van der Waals surface area contributed by atoms with Crippen molar-refractivity contribution in [3.63, 3.8) is 0 Å². The van der Waals surface area contributed by atoms with Crippen molar-refractivity contribution in [1.82, 2.24) is 0 Å². The lowest BCUT2D eigenvalue weighted by atomic mass is 9.91. The Morgan fingerprint density at radius 2 is 1.73 bits per heavy atom. The molecule has 0 saturated heterocycles. The highest BCUT2D eigenvalue weighted by Crippen LogP contribution is 2.26. The van der Waals surface area contributed by atoms with Gasteiger partial charge in [-0.3, -0.25) is 0 Å². The van der Waals surface area contributed by atoms with E-state index < -0.39 is 5.97 Å². The minimum atomic E-state index is -0.845. The molecule has 0 aromatic heterocycles. The summed E-state index contributed by atoms with van der Waals surface area (Å²) in [4.78, 5) is 11.0. The first-order valence-corrected chi connectivity index (χ1v) is 5.03. The van der Waals surface area contributed by atoms with Crippen LogP contribution in [-0.2, 0) is 4.79 Å². The Morgan fingerprint density at radius 3 is 2.13 bits per heavy atom. The summed E-state index contributed by atoms with van der Waals surface area (Å²) in [5.41, 5.74) is 2.33. The van der Waals surface area contributed by atoms with Crippen LogP contribution in [0.1, 0.15) is 26.3 Å². The van der Waals surface area contributed by atoms with Crippen molar-refractivity contribution < 1.29 is 9.90 Å². The highest BCUT2D eigenvalue weighted by molar-refractivity contribution is 5.96. The standard InChI is InChI=1S/C13H16O2/c1-9(2)12(10(3)13(14)15)11-7-5-4-6-8-11/h4-9H,1-3H3,(H,14,15)/b12-10+. The minimum absolute atomic E-state index is 0.212. The van der Waals surface area contributed by atoms with E-state index in [0.717, 1.165) is 11.1 Å². The zero-order chi connectivity index (χ0) is 11.4. The van der Waals surface area contributed by atoms with E-state index in [2.05, 4.69) is 0 Å². The van der Waals surface area contributed by atoms with Crippen molar-refractivity contribution in [2.75, 3.05) is 0 Å². The number of carboxylic acid groups (broad SMARTS) is 1. The maximum absolute atomic E-state index is 11.0. The molecule has 15 heavy (non-hydrogen) atoms. The monoisotopic (exact) mass is 204 g/mol. The van der Waals surface area contributed by atoms with Crippen LogP contribution in [0.4, 0.5) is 0 Å². The quantitative estimate of drug-likeness (QED) is 0.768. The number of aliphatic carboxylic acids is 1. The molecule has 0 radical (unpaired) electrons. The second-order valence-corrected chi connectivity index (χ2v) is 3.86. The van der Waals surface area contributed by atoms with Crippen LogP contribution in [-0.4, -0.2) is 11.1 Å². The second kappa shape index (κ2) is 4.78. The molecule has 2 heteroatoms. The van der Waals surface area contributed by atoms with Crippen LogP contribution in [0.3, 0.4) is 0 Å². The lowest BCUT2D eigenvalue weighted by molar-refractivity contribution is -0.132. The third kappa shape index (κ3) is 2.69. The largest absolute Gasteiger partial charge is 0.478 e. The Hall–Kier alpha value is -1.57. The second-order valence-electron chi connectivity index (χ2n) is 3.86. The molecule has 0 aliphatic carbocycles. The fourth-order valence-electron chi connectivity index (χ4n) is 1.72. The molecule has 0 amide bonds. The van der Waals surface area contributed by atoms with Crippen LogP contribution >= 0.6 is 0 Å². The Labute approximate surface area is 90.3 Å². The predicted molar refractivity (Wildman–Crippen MR) is 61.5 cm³/mol. The normalized spacial score (nSPS) is 12.5. The molecule has 0 aliphatic rings. The average Bonchev–Trinajstić information content (AvgIpc) is 2.18. The fraction of sp³-hybridized carbons (Fsp3) is 0.308. The molecule has 0 spiro atoms. The number of rotatable bonds is 3. The van der Waals surface area contributed by atoms with Crippen LogP contribution in [0.5, 0.6) is 0 Å². The maximum atomic E-state index is 11.0. The summed E-state index contributed by atoms with van der Waals surface area (Å²) in [5, 5.41) is 9.00. The van der Waals surface area contributed by atoms with Crippen molar-refractivity contribution in [2.45, 2.75) is 20.8 Å². The molecule has 1 rings (SSSR count). The molecule has 2 nitrogen and oxygen atoms in total. The highest BCUT2D eigenvalue weighted by atomic mass is 16.4. The van der Waals surface area contributed by atoms with Gasteiger partial charge in [-0.1, -0.05) is 44.2 Å². The van der Waals surface area contributed by atoms with Crippen LogP contribution < -0.4 is 0 Å². The molecular formula is C13H16O2. The van der Waals surface area contributed by atoms with Gasteiger partial charge in [-0.15, -0.1) is 0 Å².